The molecule has 1 aromatic carbocycles. The summed E-state index contributed by atoms with van der Waals surface area (Å²) in [6.45, 7) is 3.83. The predicted octanol–water partition coefficient (Wildman–Crippen LogP) is 3.43. The first kappa shape index (κ1) is 15.9. The molecular weight excluding hydrogens is 308 g/mol. The van der Waals surface area contributed by atoms with Crippen molar-refractivity contribution in [2.75, 3.05) is 7.05 Å². The minimum atomic E-state index is -3.69. The number of benzene rings is 1. The number of hydrogen-bond donors (Lipinski definition) is 0. The number of pyridine rings is 1. The number of hydrogen-bond acceptors (Lipinski definition) is 3. The van der Waals surface area contributed by atoms with E-state index in [2.05, 4.69) is 4.98 Å². The van der Waals surface area contributed by atoms with E-state index < -0.39 is 10.0 Å². The summed E-state index contributed by atoms with van der Waals surface area (Å²) >= 11 is 5.98. The van der Waals surface area contributed by atoms with E-state index in [0.717, 1.165) is 11.1 Å². The second kappa shape index (κ2) is 6.13. The molecule has 0 aliphatic heterocycles. The lowest BCUT2D eigenvalue weighted by molar-refractivity contribution is 0.398. The lowest BCUT2D eigenvalue weighted by Crippen LogP contribution is -2.30. The molecule has 0 spiro atoms. The smallest absolute Gasteiger partial charge is 0.246 e. The normalized spacial score (nSPS) is 13.4. The van der Waals surface area contributed by atoms with Gasteiger partial charge in [-0.3, -0.25) is 4.98 Å². The third-order valence-corrected chi connectivity index (χ3v) is 5.89. The molecular formula is C15H17ClN2O2S. The first-order valence-electron chi connectivity index (χ1n) is 6.48. The van der Waals surface area contributed by atoms with Crippen LogP contribution in [-0.2, 0) is 10.0 Å². The Balaban J connectivity index is 2.36. The summed E-state index contributed by atoms with van der Waals surface area (Å²) in [5, 5.41) is 0.174. The van der Waals surface area contributed by atoms with Crippen LogP contribution in [0.4, 0.5) is 0 Å². The predicted molar refractivity (Wildman–Crippen MR) is 83.8 cm³/mol. The Morgan fingerprint density at radius 2 is 1.81 bits per heavy atom. The molecule has 0 radical (unpaired) electrons. The zero-order valence-electron chi connectivity index (χ0n) is 12.1. The lowest BCUT2D eigenvalue weighted by Gasteiger charge is -2.25. The Morgan fingerprint density at radius 3 is 2.38 bits per heavy atom. The molecule has 1 unspecified atom stereocenters. The van der Waals surface area contributed by atoms with Gasteiger partial charge in [0.05, 0.1) is 5.02 Å². The highest BCUT2D eigenvalue weighted by Gasteiger charge is 2.28. The van der Waals surface area contributed by atoms with Crippen molar-refractivity contribution in [3.05, 3.63) is 58.9 Å². The van der Waals surface area contributed by atoms with E-state index in [0.29, 0.717) is 0 Å². The van der Waals surface area contributed by atoms with Crippen molar-refractivity contribution >= 4 is 21.6 Å². The average molecular weight is 325 g/mol. The standard InChI is InChI=1S/C15H17ClN2O2S/c1-11-4-6-13(7-5-11)12(2)18(3)21(19,20)15-10-17-9-8-14(15)16/h4-10,12H,1-3H3. The zero-order valence-corrected chi connectivity index (χ0v) is 13.7. The van der Waals surface area contributed by atoms with Gasteiger partial charge < -0.3 is 0 Å². The van der Waals surface area contributed by atoms with Crippen molar-refractivity contribution in [1.29, 1.82) is 0 Å². The maximum absolute atomic E-state index is 12.6. The topological polar surface area (TPSA) is 50.3 Å². The van der Waals surface area contributed by atoms with E-state index in [1.807, 2.05) is 38.1 Å². The molecule has 4 nitrogen and oxygen atoms in total. The fraction of sp³-hybridized carbons (Fsp3) is 0.267. The molecule has 0 fully saturated rings. The van der Waals surface area contributed by atoms with E-state index in [9.17, 15) is 8.42 Å². The van der Waals surface area contributed by atoms with Gasteiger partial charge in [-0.15, -0.1) is 0 Å². The number of rotatable bonds is 4. The van der Waals surface area contributed by atoms with Gasteiger partial charge in [0.25, 0.3) is 0 Å². The van der Waals surface area contributed by atoms with E-state index in [4.69, 9.17) is 11.6 Å². The summed E-state index contributed by atoms with van der Waals surface area (Å²) in [5.41, 5.74) is 2.05. The highest BCUT2D eigenvalue weighted by atomic mass is 35.5. The van der Waals surface area contributed by atoms with Crippen molar-refractivity contribution in [3.8, 4) is 0 Å². The van der Waals surface area contributed by atoms with E-state index in [-0.39, 0.29) is 16.0 Å². The maximum atomic E-state index is 12.6. The Bertz CT molecular complexity index is 730. The van der Waals surface area contributed by atoms with Crippen LogP contribution in [0.5, 0.6) is 0 Å². The van der Waals surface area contributed by atoms with Crippen molar-refractivity contribution in [2.24, 2.45) is 0 Å². The summed E-state index contributed by atoms with van der Waals surface area (Å²) in [7, 11) is -2.14. The lowest BCUT2D eigenvalue weighted by atomic mass is 10.1. The van der Waals surface area contributed by atoms with Gasteiger partial charge in [-0.1, -0.05) is 41.4 Å². The van der Waals surface area contributed by atoms with Gasteiger partial charge in [0.2, 0.25) is 10.0 Å². The van der Waals surface area contributed by atoms with E-state index >= 15 is 0 Å². The molecule has 1 heterocycles. The van der Waals surface area contributed by atoms with Gasteiger partial charge in [0.15, 0.2) is 0 Å². The van der Waals surface area contributed by atoms with Gasteiger partial charge in [-0.05, 0) is 25.5 Å². The molecule has 0 aliphatic carbocycles. The van der Waals surface area contributed by atoms with E-state index in [1.54, 1.807) is 7.05 Å². The fourth-order valence-corrected chi connectivity index (χ4v) is 3.73. The molecule has 0 bridgehead atoms. The van der Waals surface area contributed by atoms with Gasteiger partial charge in [0.1, 0.15) is 4.90 Å². The average Bonchev–Trinajstić information content (AvgIpc) is 2.46. The summed E-state index contributed by atoms with van der Waals surface area (Å²) in [4.78, 5) is 3.87. The molecule has 21 heavy (non-hydrogen) atoms. The molecule has 1 atom stereocenters. The number of aromatic nitrogens is 1. The number of sulfonamides is 1. The second-order valence-electron chi connectivity index (χ2n) is 4.91. The van der Waals surface area contributed by atoms with Gasteiger partial charge in [0, 0.05) is 25.5 Å². The molecule has 112 valence electrons. The van der Waals surface area contributed by atoms with Crippen LogP contribution in [0, 0.1) is 6.92 Å². The van der Waals surface area contributed by atoms with Crippen LogP contribution in [0.1, 0.15) is 24.1 Å². The van der Waals surface area contributed by atoms with Crippen molar-refractivity contribution in [2.45, 2.75) is 24.8 Å². The zero-order chi connectivity index (χ0) is 15.6. The molecule has 2 rings (SSSR count). The first-order chi connectivity index (χ1) is 9.84. The third kappa shape index (κ3) is 3.26. The molecule has 0 saturated carbocycles. The quantitative estimate of drug-likeness (QED) is 0.865. The van der Waals surface area contributed by atoms with Crippen LogP contribution in [0.2, 0.25) is 5.02 Å². The van der Waals surface area contributed by atoms with Gasteiger partial charge in [-0.2, -0.15) is 4.31 Å². The summed E-state index contributed by atoms with van der Waals surface area (Å²) in [6.07, 6.45) is 2.74. The van der Waals surface area contributed by atoms with Crippen LogP contribution in [0.15, 0.2) is 47.6 Å². The Labute approximate surface area is 130 Å². The molecule has 0 aliphatic rings. The molecule has 0 saturated heterocycles. The Kier molecular flexibility index (Phi) is 4.66. The van der Waals surface area contributed by atoms with Gasteiger partial charge >= 0.3 is 0 Å². The third-order valence-electron chi connectivity index (χ3n) is 3.50. The number of halogens is 1. The SMILES string of the molecule is Cc1ccc(C(C)N(C)S(=O)(=O)c2cnccc2Cl)cc1. The first-order valence-corrected chi connectivity index (χ1v) is 8.30. The Hall–Kier alpha value is -1.43. The van der Waals surface area contributed by atoms with Crippen molar-refractivity contribution < 1.29 is 8.42 Å². The van der Waals surface area contributed by atoms with E-state index in [1.165, 1.54) is 22.8 Å². The van der Waals surface area contributed by atoms with Crippen LogP contribution < -0.4 is 0 Å². The van der Waals surface area contributed by atoms with Gasteiger partial charge in [-0.25, -0.2) is 8.42 Å². The molecule has 6 heteroatoms. The maximum Gasteiger partial charge on any atom is 0.246 e. The molecule has 0 amide bonds. The van der Waals surface area contributed by atoms with Crippen molar-refractivity contribution in [3.63, 3.8) is 0 Å². The van der Waals surface area contributed by atoms with Crippen LogP contribution in [-0.4, -0.2) is 24.8 Å². The van der Waals surface area contributed by atoms with Crippen molar-refractivity contribution in [1.82, 2.24) is 9.29 Å². The monoisotopic (exact) mass is 324 g/mol. The highest BCUT2D eigenvalue weighted by molar-refractivity contribution is 7.89. The molecule has 1 aromatic heterocycles. The minimum Gasteiger partial charge on any atom is -0.263 e. The fourth-order valence-electron chi connectivity index (χ4n) is 1.97. The summed E-state index contributed by atoms with van der Waals surface area (Å²) in [5.74, 6) is 0. The minimum absolute atomic E-state index is 0.0214. The largest absolute Gasteiger partial charge is 0.263 e. The number of nitrogens with zero attached hydrogens (tertiary/aromatic N) is 2. The molecule has 2 aromatic rings. The summed E-state index contributed by atoms with van der Waals surface area (Å²) < 4.78 is 26.6. The summed E-state index contributed by atoms with van der Waals surface area (Å²) in [6, 6.07) is 8.95. The molecule has 0 N–H and O–H groups in total. The second-order valence-corrected chi connectivity index (χ2v) is 7.29. The van der Waals surface area contributed by atoms with Crippen LogP contribution >= 0.6 is 11.6 Å². The van der Waals surface area contributed by atoms with Crippen LogP contribution in [0.25, 0.3) is 0 Å². The highest BCUT2D eigenvalue weighted by Crippen LogP contribution is 2.28. The van der Waals surface area contributed by atoms with Crippen LogP contribution in [0.3, 0.4) is 0 Å². The number of aryl methyl sites for hydroxylation is 1. The Morgan fingerprint density at radius 1 is 1.19 bits per heavy atom.